The van der Waals surface area contributed by atoms with Crippen molar-refractivity contribution < 1.29 is 4.92 Å². The summed E-state index contributed by atoms with van der Waals surface area (Å²) in [7, 11) is 0. The molecular weight excluding hydrogens is 228 g/mol. The molecule has 4 heteroatoms. The van der Waals surface area contributed by atoms with E-state index in [1.165, 1.54) is 6.08 Å². The van der Waals surface area contributed by atoms with Crippen molar-refractivity contribution in [2.45, 2.75) is 0 Å². The van der Waals surface area contributed by atoms with Crippen LogP contribution in [0.1, 0.15) is 5.56 Å². The van der Waals surface area contributed by atoms with E-state index >= 15 is 0 Å². The Morgan fingerprint density at radius 1 is 1.11 bits per heavy atom. The molecule has 4 nitrogen and oxygen atoms in total. The Morgan fingerprint density at radius 3 is 2.78 bits per heavy atom. The van der Waals surface area contributed by atoms with Crippen LogP contribution in [-0.2, 0) is 0 Å². The summed E-state index contributed by atoms with van der Waals surface area (Å²) >= 11 is 0. The number of nitrogens with zero attached hydrogens (tertiary/aromatic N) is 1. The highest BCUT2D eigenvalue weighted by molar-refractivity contribution is 6.08. The van der Waals surface area contributed by atoms with Gasteiger partial charge >= 0.3 is 0 Å². The number of rotatable bonds is 2. The molecule has 0 aliphatic carbocycles. The van der Waals surface area contributed by atoms with Crippen LogP contribution in [0.25, 0.3) is 27.8 Å². The summed E-state index contributed by atoms with van der Waals surface area (Å²) < 4.78 is 0. The maximum atomic E-state index is 10.4. The number of hydrogen-bond acceptors (Lipinski definition) is 2. The first-order valence-electron chi connectivity index (χ1n) is 5.56. The van der Waals surface area contributed by atoms with E-state index in [4.69, 9.17) is 0 Å². The summed E-state index contributed by atoms with van der Waals surface area (Å²) in [5.41, 5.74) is 1.84. The number of fused-ring (bicyclic) bond motifs is 3. The van der Waals surface area contributed by atoms with Gasteiger partial charge in [-0.3, -0.25) is 10.1 Å². The molecule has 3 aromatic rings. The number of benzene rings is 2. The predicted octanol–water partition coefficient (Wildman–Crippen LogP) is 3.57. The Kier molecular flexibility index (Phi) is 2.34. The fourth-order valence-electron chi connectivity index (χ4n) is 2.17. The molecule has 1 N–H and O–H groups in total. The molecule has 0 aliphatic rings. The lowest BCUT2D eigenvalue weighted by Gasteiger charge is -1.99. The molecule has 2 aromatic carbocycles. The molecule has 0 saturated carbocycles. The number of aromatic nitrogens is 1. The second kappa shape index (κ2) is 4.00. The van der Waals surface area contributed by atoms with E-state index in [9.17, 15) is 10.1 Å². The molecule has 88 valence electrons. The normalized spacial score (nSPS) is 11.6. The summed E-state index contributed by atoms with van der Waals surface area (Å²) in [5.74, 6) is 0. The molecular formula is C14H10N2O2. The molecule has 0 bridgehead atoms. The molecule has 0 radical (unpaired) electrons. The number of hydrogen-bond donors (Lipinski definition) is 1. The van der Waals surface area contributed by atoms with Crippen molar-refractivity contribution in [3.05, 3.63) is 64.5 Å². The molecule has 3 rings (SSSR count). The third-order valence-corrected chi connectivity index (χ3v) is 2.99. The van der Waals surface area contributed by atoms with Crippen molar-refractivity contribution in [1.82, 2.24) is 4.98 Å². The Morgan fingerprint density at radius 2 is 1.94 bits per heavy atom. The van der Waals surface area contributed by atoms with Crippen LogP contribution in [0.3, 0.4) is 0 Å². The SMILES string of the molecule is O=[N+]([O-])/C=C\c1c[nH]c2c1ccc1ccccc12. The second-order valence-corrected chi connectivity index (χ2v) is 4.05. The minimum Gasteiger partial charge on any atom is -0.360 e. The predicted molar refractivity (Wildman–Crippen MR) is 71.8 cm³/mol. The number of nitrogens with one attached hydrogen (secondary N) is 1. The molecule has 0 spiro atoms. The standard InChI is InChI=1S/C14H10N2O2/c17-16(18)8-7-11-9-15-14-12-4-2-1-3-10(12)5-6-13(11)14/h1-9,15H/b8-7-. The van der Waals surface area contributed by atoms with Crippen molar-refractivity contribution in [1.29, 1.82) is 0 Å². The minimum absolute atomic E-state index is 0.458. The van der Waals surface area contributed by atoms with E-state index in [1.807, 2.05) is 36.4 Å². The third kappa shape index (κ3) is 1.64. The number of nitro groups is 1. The van der Waals surface area contributed by atoms with Crippen LogP contribution in [0, 0.1) is 10.1 Å². The molecule has 0 unspecified atom stereocenters. The van der Waals surface area contributed by atoms with Gasteiger partial charge in [-0.2, -0.15) is 0 Å². The largest absolute Gasteiger partial charge is 0.360 e. The number of H-pyrrole nitrogens is 1. The minimum atomic E-state index is -0.458. The Balaban J connectivity index is 2.26. The second-order valence-electron chi connectivity index (χ2n) is 4.05. The van der Waals surface area contributed by atoms with Gasteiger partial charge in [0.15, 0.2) is 0 Å². The van der Waals surface area contributed by atoms with Crippen molar-refractivity contribution in [3.8, 4) is 0 Å². The van der Waals surface area contributed by atoms with Crippen molar-refractivity contribution in [2.75, 3.05) is 0 Å². The smallest absolute Gasteiger partial charge is 0.235 e. The maximum Gasteiger partial charge on any atom is 0.235 e. The first-order chi connectivity index (χ1) is 8.75. The fraction of sp³-hybridized carbons (Fsp3) is 0. The van der Waals surface area contributed by atoms with Crippen LogP contribution in [0.5, 0.6) is 0 Å². The van der Waals surface area contributed by atoms with Crippen molar-refractivity contribution in [2.24, 2.45) is 0 Å². The zero-order valence-corrected chi connectivity index (χ0v) is 9.46. The van der Waals surface area contributed by atoms with E-state index < -0.39 is 4.92 Å². The van der Waals surface area contributed by atoms with Gasteiger partial charge in [-0.15, -0.1) is 0 Å². The van der Waals surface area contributed by atoms with E-state index in [0.717, 1.165) is 33.4 Å². The monoisotopic (exact) mass is 238 g/mol. The molecule has 1 aromatic heterocycles. The van der Waals surface area contributed by atoms with Crippen LogP contribution in [-0.4, -0.2) is 9.91 Å². The summed E-state index contributed by atoms with van der Waals surface area (Å²) in [6.07, 6.45) is 4.25. The average Bonchev–Trinajstić information content (AvgIpc) is 2.80. The van der Waals surface area contributed by atoms with Gasteiger partial charge in [0.1, 0.15) is 0 Å². The van der Waals surface area contributed by atoms with Gasteiger partial charge in [-0.05, 0) is 5.39 Å². The quantitative estimate of drug-likeness (QED) is 0.548. The van der Waals surface area contributed by atoms with Gasteiger partial charge in [0.2, 0.25) is 6.20 Å². The topological polar surface area (TPSA) is 58.9 Å². The van der Waals surface area contributed by atoms with E-state index in [2.05, 4.69) is 4.98 Å². The fourth-order valence-corrected chi connectivity index (χ4v) is 2.17. The summed E-state index contributed by atoms with van der Waals surface area (Å²) in [5, 5.41) is 13.6. The summed E-state index contributed by atoms with van der Waals surface area (Å²) in [6.45, 7) is 0. The van der Waals surface area contributed by atoms with E-state index in [0.29, 0.717) is 0 Å². The Bertz CT molecular complexity index is 772. The Hall–Kier alpha value is -2.62. The molecule has 18 heavy (non-hydrogen) atoms. The van der Waals surface area contributed by atoms with E-state index in [1.54, 1.807) is 6.20 Å². The van der Waals surface area contributed by atoms with Gasteiger partial charge in [0, 0.05) is 28.6 Å². The average molecular weight is 238 g/mol. The molecule has 1 heterocycles. The lowest BCUT2D eigenvalue weighted by molar-refractivity contribution is -0.400. The highest BCUT2D eigenvalue weighted by atomic mass is 16.6. The highest BCUT2D eigenvalue weighted by Crippen LogP contribution is 2.27. The Labute approximate surface area is 103 Å². The van der Waals surface area contributed by atoms with E-state index in [-0.39, 0.29) is 0 Å². The molecule has 0 saturated heterocycles. The maximum absolute atomic E-state index is 10.4. The summed E-state index contributed by atoms with van der Waals surface area (Å²) in [6, 6.07) is 12.1. The zero-order valence-electron chi connectivity index (χ0n) is 9.46. The lowest BCUT2D eigenvalue weighted by atomic mass is 10.1. The van der Waals surface area contributed by atoms with Crippen LogP contribution in [0.2, 0.25) is 0 Å². The number of aromatic amines is 1. The molecule has 0 atom stereocenters. The van der Waals surface area contributed by atoms with Crippen LogP contribution < -0.4 is 0 Å². The van der Waals surface area contributed by atoms with Crippen molar-refractivity contribution in [3.63, 3.8) is 0 Å². The van der Waals surface area contributed by atoms with Gasteiger partial charge in [-0.25, -0.2) is 0 Å². The van der Waals surface area contributed by atoms with Gasteiger partial charge < -0.3 is 4.98 Å². The van der Waals surface area contributed by atoms with Crippen LogP contribution in [0.4, 0.5) is 0 Å². The first-order valence-corrected chi connectivity index (χ1v) is 5.56. The van der Waals surface area contributed by atoms with Crippen molar-refractivity contribution >= 4 is 27.8 Å². The molecule has 0 aliphatic heterocycles. The van der Waals surface area contributed by atoms with Crippen LogP contribution in [0.15, 0.2) is 48.8 Å². The lowest BCUT2D eigenvalue weighted by Crippen LogP contribution is -1.81. The van der Waals surface area contributed by atoms with Gasteiger partial charge in [0.05, 0.1) is 10.4 Å². The van der Waals surface area contributed by atoms with Gasteiger partial charge in [-0.1, -0.05) is 36.4 Å². The zero-order chi connectivity index (χ0) is 12.5. The highest BCUT2D eigenvalue weighted by Gasteiger charge is 2.05. The third-order valence-electron chi connectivity index (χ3n) is 2.99. The van der Waals surface area contributed by atoms with Gasteiger partial charge in [0.25, 0.3) is 0 Å². The van der Waals surface area contributed by atoms with Crippen LogP contribution >= 0.6 is 0 Å². The molecule has 0 amide bonds. The first kappa shape index (κ1) is 10.5. The molecule has 0 fully saturated rings. The summed E-state index contributed by atoms with van der Waals surface area (Å²) in [4.78, 5) is 13.1.